The molecule has 2 atom stereocenters. The van der Waals surface area contributed by atoms with Crippen LogP contribution in [0.5, 0.6) is 0 Å². The zero-order chi connectivity index (χ0) is 25.4. The Balaban J connectivity index is 1.57. The number of nitrogens with one attached hydrogen (secondary N) is 3. The molecule has 2 unspecified atom stereocenters. The van der Waals surface area contributed by atoms with Crippen molar-refractivity contribution in [3.8, 4) is 23.1 Å². The summed E-state index contributed by atoms with van der Waals surface area (Å²) in [4.78, 5) is 28.3. The predicted molar refractivity (Wildman–Crippen MR) is 138 cm³/mol. The van der Waals surface area contributed by atoms with Gasteiger partial charge in [-0.05, 0) is 58.0 Å². The number of carbonyl (C=O) groups is 1. The summed E-state index contributed by atoms with van der Waals surface area (Å²) < 4.78 is 1.76. The maximum Gasteiger partial charge on any atom is 0.242 e. The largest absolute Gasteiger partial charge is 0.369 e. The minimum atomic E-state index is -0.383. The number of likely N-dealkylation sites (N-methyl/N-ethyl adjacent to an activating group) is 1. The van der Waals surface area contributed by atoms with Crippen molar-refractivity contribution >= 4 is 22.8 Å². The van der Waals surface area contributed by atoms with Gasteiger partial charge in [0.25, 0.3) is 0 Å². The summed E-state index contributed by atoms with van der Waals surface area (Å²) in [5, 5.41) is 13.6. The van der Waals surface area contributed by atoms with Gasteiger partial charge in [-0.3, -0.25) is 9.48 Å². The van der Waals surface area contributed by atoms with Gasteiger partial charge in [0, 0.05) is 30.6 Å². The van der Waals surface area contributed by atoms with Crippen molar-refractivity contribution in [1.82, 2.24) is 40.3 Å². The minimum Gasteiger partial charge on any atom is -0.369 e. The van der Waals surface area contributed by atoms with Gasteiger partial charge < -0.3 is 20.9 Å². The van der Waals surface area contributed by atoms with Gasteiger partial charge in [-0.15, -0.1) is 0 Å². The van der Waals surface area contributed by atoms with Crippen LogP contribution in [0.25, 0.3) is 22.3 Å². The van der Waals surface area contributed by atoms with Crippen LogP contribution in [0.2, 0.25) is 0 Å². The van der Waals surface area contributed by atoms with Crippen molar-refractivity contribution in [1.29, 1.82) is 0 Å². The summed E-state index contributed by atoms with van der Waals surface area (Å²) in [6.45, 7) is 5.78. The van der Waals surface area contributed by atoms with Crippen LogP contribution in [0, 0.1) is 18.8 Å². The van der Waals surface area contributed by atoms with E-state index in [0.29, 0.717) is 17.2 Å². The van der Waals surface area contributed by atoms with E-state index in [9.17, 15) is 4.79 Å². The molecule has 2 aliphatic rings. The van der Waals surface area contributed by atoms with E-state index in [1.807, 2.05) is 44.6 Å². The summed E-state index contributed by atoms with van der Waals surface area (Å²) >= 11 is 0. The Bertz CT molecular complexity index is 1520. The lowest BCUT2D eigenvalue weighted by Gasteiger charge is -2.23. The molecule has 5 rings (SSSR count). The number of fused-ring (bicyclic) bond motifs is 2. The molecule has 0 saturated heterocycles. The van der Waals surface area contributed by atoms with E-state index < -0.39 is 0 Å². The summed E-state index contributed by atoms with van der Waals surface area (Å²) in [6.07, 6.45) is 9.72. The van der Waals surface area contributed by atoms with Crippen molar-refractivity contribution in [3.63, 3.8) is 0 Å². The van der Waals surface area contributed by atoms with Gasteiger partial charge in [0.1, 0.15) is 28.9 Å². The van der Waals surface area contributed by atoms with Crippen molar-refractivity contribution in [2.45, 2.75) is 33.0 Å². The lowest BCUT2D eigenvalue weighted by atomic mass is 10.1. The third-order valence-electron chi connectivity index (χ3n) is 6.21. The Labute approximate surface area is 209 Å². The maximum atomic E-state index is 12.6. The highest BCUT2D eigenvalue weighted by Gasteiger charge is 2.21. The number of anilines is 1. The second-order valence-electron chi connectivity index (χ2n) is 8.74. The van der Waals surface area contributed by atoms with Crippen LogP contribution in [0.3, 0.4) is 0 Å². The Morgan fingerprint density at radius 3 is 2.89 bits per heavy atom. The monoisotopic (exact) mass is 481 g/mol. The number of aryl methyl sites for hydroxylation is 2. The summed E-state index contributed by atoms with van der Waals surface area (Å²) in [6, 6.07) is 3.28. The lowest BCUT2D eigenvalue weighted by molar-refractivity contribution is -0.117. The van der Waals surface area contributed by atoms with Crippen LogP contribution in [-0.4, -0.2) is 54.8 Å². The van der Waals surface area contributed by atoms with E-state index in [0.717, 1.165) is 33.6 Å². The van der Waals surface area contributed by atoms with Crippen LogP contribution in [0.1, 0.15) is 25.2 Å². The first-order valence-corrected chi connectivity index (χ1v) is 11.7. The molecule has 5 heterocycles. The average molecular weight is 482 g/mol. The number of nitrogens with zero attached hydrogens (tertiary/aromatic N) is 6. The van der Waals surface area contributed by atoms with Crippen LogP contribution in [0.4, 0.5) is 5.82 Å². The summed E-state index contributed by atoms with van der Waals surface area (Å²) in [7, 11) is 3.59. The molecule has 0 bridgehead atoms. The van der Waals surface area contributed by atoms with Crippen molar-refractivity contribution in [3.05, 3.63) is 65.7 Å². The topological polar surface area (TPSA) is 113 Å². The Hall–Kier alpha value is -4.49. The molecular formula is C26H27N9O. The maximum absolute atomic E-state index is 12.6. The van der Waals surface area contributed by atoms with Crippen LogP contribution in [-0.2, 0) is 11.8 Å². The highest BCUT2D eigenvalue weighted by molar-refractivity contribution is 5.95. The van der Waals surface area contributed by atoms with E-state index in [1.165, 1.54) is 6.33 Å². The van der Waals surface area contributed by atoms with Gasteiger partial charge >= 0.3 is 0 Å². The van der Waals surface area contributed by atoms with E-state index in [2.05, 4.69) is 59.7 Å². The molecule has 2 aliphatic heterocycles. The van der Waals surface area contributed by atoms with Crippen LogP contribution >= 0.6 is 0 Å². The zero-order valence-electron chi connectivity index (χ0n) is 20.8. The number of carbonyl (C=O) groups excluding carboxylic acids is 1. The van der Waals surface area contributed by atoms with Crippen LogP contribution < -0.4 is 16.0 Å². The fourth-order valence-corrected chi connectivity index (χ4v) is 4.14. The Morgan fingerprint density at radius 1 is 1.25 bits per heavy atom. The van der Waals surface area contributed by atoms with Crippen molar-refractivity contribution < 1.29 is 4.79 Å². The average Bonchev–Trinajstić information content (AvgIpc) is 3.40. The number of allylic oxidation sites excluding steroid dienone is 3. The number of rotatable bonds is 4. The first-order chi connectivity index (χ1) is 17.3. The molecule has 3 N–H and O–H groups in total. The molecular weight excluding hydrogens is 454 g/mol. The number of hydrogen-bond acceptors (Lipinski definition) is 8. The van der Waals surface area contributed by atoms with Gasteiger partial charge in [-0.2, -0.15) is 5.10 Å². The molecule has 36 heavy (non-hydrogen) atoms. The molecule has 0 aromatic carbocycles. The molecule has 10 nitrogen and oxygen atoms in total. The zero-order valence-corrected chi connectivity index (χ0v) is 20.8. The molecule has 0 saturated carbocycles. The SMILES string of the molecule is CNC(C)C(=O)Nc1cc(-c2ncnc3c(C)nn(C)c23)cc(C#CC2=CC3=CNC(C)N3C=C2)n1. The number of aromatic nitrogens is 5. The van der Waals surface area contributed by atoms with Crippen LogP contribution in [0.15, 0.2) is 54.3 Å². The van der Waals surface area contributed by atoms with E-state index in [4.69, 9.17) is 0 Å². The Kier molecular flexibility index (Phi) is 6.00. The second kappa shape index (κ2) is 9.28. The van der Waals surface area contributed by atoms with Gasteiger partial charge in [-0.1, -0.05) is 5.92 Å². The first kappa shape index (κ1) is 23.3. The van der Waals surface area contributed by atoms with E-state index in [1.54, 1.807) is 24.7 Å². The lowest BCUT2D eigenvalue weighted by Crippen LogP contribution is -2.35. The summed E-state index contributed by atoms with van der Waals surface area (Å²) in [5.41, 5.74) is 6.26. The first-order valence-electron chi connectivity index (χ1n) is 11.7. The molecule has 0 radical (unpaired) electrons. The highest BCUT2D eigenvalue weighted by Crippen LogP contribution is 2.28. The third kappa shape index (κ3) is 4.32. The normalized spacial score (nSPS) is 17.0. The third-order valence-corrected chi connectivity index (χ3v) is 6.21. The molecule has 10 heteroatoms. The van der Waals surface area contributed by atoms with Gasteiger partial charge in [0.2, 0.25) is 5.91 Å². The van der Waals surface area contributed by atoms with Gasteiger partial charge in [-0.25, -0.2) is 15.0 Å². The summed E-state index contributed by atoms with van der Waals surface area (Å²) in [5.74, 6) is 6.56. The highest BCUT2D eigenvalue weighted by atomic mass is 16.2. The minimum absolute atomic E-state index is 0.196. The molecule has 0 aliphatic carbocycles. The fraction of sp³-hybridized carbons (Fsp3) is 0.269. The molecule has 3 aromatic heterocycles. The predicted octanol–water partition coefficient (Wildman–Crippen LogP) is 2.18. The molecule has 0 fully saturated rings. The Morgan fingerprint density at radius 2 is 2.08 bits per heavy atom. The standard InChI is InChI=1S/C26H27N9O/c1-15-23-25(34(5)33-15)24(30-14-29-23)19-11-20(31-22(12-19)32-26(36)16(2)27-4)7-6-18-8-9-35-17(3)28-13-21(35)10-18/h8-14,16-17,27-28H,1-5H3,(H,31,32,36). The van der Waals surface area contributed by atoms with E-state index >= 15 is 0 Å². The number of amides is 1. The van der Waals surface area contributed by atoms with Gasteiger partial charge in [0.15, 0.2) is 0 Å². The molecule has 1 amide bonds. The fourth-order valence-electron chi connectivity index (χ4n) is 4.14. The molecule has 182 valence electrons. The quantitative estimate of drug-likeness (QED) is 0.486. The smallest absolute Gasteiger partial charge is 0.242 e. The van der Waals surface area contributed by atoms with Crippen molar-refractivity contribution in [2.24, 2.45) is 7.05 Å². The van der Waals surface area contributed by atoms with Gasteiger partial charge in [0.05, 0.1) is 29.3 Å². The molecule has 0 spiro atoms. The molecule has 3 aromatic rings. The van der Waals surface area contributed by atoms with Crippen molar-refractivity contribution in [2.75, 3.05) is 12.4 Å². The number of pyridine rings is 1. The van der Waals surface area contributed by atoms with E-state index in [-0.39, 0.29) is 18.1 Å². The second-order valence-corrected chi connectivity index (χ2v) is 8.74. The number of hydrogen-bond donors (Lipinski definition) is 3.